The number of nitrogens with one attached hydrogen (secondary N) is 1. The van der Waals surface area contributed by atoms with Crippen molar-refractivity contribution in [2.45, 2.75) is 37.5 Å². The highest BCUT2D eigenvalue weighted by molar-refractivity contribution is 4.87. The number of piperidine rings is 1. The molecule has 0 radical (unpaired) electrons. The summed E-state index contributed by atoms with van der Waals surface area (Å²) in [6, 6.07) is 0.670. The first kappa shape index (κ1) is 14.1. The van der Waals surface area contributed by atoms with Gasteiger partial charge in [-0.05, 0) is 32.9 Å². The molecule has 0 unspecified atom stereocenters. The average Bonchev–Trinajstić information content (AvgIpc) is 2.62. The van der Waals surface area contributed by atoms with Crippen LogP contribution in [0.15, 0.2) is 0 Å². The van der Waals surface area contributed by atoms with Crippen molar-refractivity contribution in [3.8, 4) is 0 Å². The molecule has 2 rings (SSSR count). The van der Waals surface area contributed by atoms with E-state index in [0.29, 0.717) is 19.1 Å². The van der Waals surface area contributed by atoms with Gasteiger partial charge < -0.3 is 10.2 Å². The van der Waals surface area contributed by atoms with E-state index in [0.717, 1.165) is 25.9 Å². The van der Waals surface area contributed by atoms with E-state index in [1.807, 2.05) is 0 Å². The van der Waals surface area contributed by atoms with Crippen LogP contribution in [0.5, 0.6) is 0 Å². The van der Waals surface area contributed by atoms with Gasteiger partial charge in [0.05, 0.1) is 6.54 Å². The van der Waals surface area contributed by atoms with Gasteiger partial charge in [0, 0.05) is 31.7 Å². The van der Waals surface area contributed by atoms with Gasteiger partial charge in [-0.3, -0.25) is 4.90 Å². The van der Waals surface area contributed by atoms with Gasteiger partial charge in [0.2, 0.25) is 0 Å². The lowest BCUT2D eigenvalue weighted by Crippen LogP contribution is -2.48. The predicted octanol–water partition coefficient (Wildman–Crippen LogP) is 1.31. The zero-order valence-electron chi connectivity index (χ0n) is 10.8. The van der Waals surface area contributed by atoms with Crippen molar-refractivity contribution in [1.29, 1.82) is 0 Å². The number of likely N-dealkylation sites (tertiary alicyclic amines) is 2. The third-order valence-corrected chi connectivity index (χ3v) is 3.77. The zero-order valence-corrected chi connectivity index (χ0v) is 10.8. The smallest absolute Gasteiger partial charge is 0.309 e. The minimum absolute atomic E-state index is 0.226. The molecule has 0 bridgehead atoms. The molecule has 3 nitrogen and oxygen atoms in total. The lowest BCUT2D eigenvalue weighted by Gasteiger charge is -2.32. The Morgan fingerprint density at radius 3 is 2.50 bits per heavy atom. The summed E-state index contributed by atoms with van der Waals surface area (Å²) in [5, 5.41) is 3.51. The van der Waals surface area contributed by atoms with E-state index in [2.05, 4.69) is 17.3 Å². The number of likely N-dealkylation sites (N-methyl/N-ethyl adjacent to an activating group) is 1. The number of alkyl halides is 3. The summed E-state index contributed by atoms with van der Waals surface area (Å²) in [7, 11) is 2.10. The predicted molar refractivity (Wildman–Crippen MR) is 64.6 cm³/mol. The Balaban J connectivity index is 1.72. The molecule has 0 aromatic carbocycles. The fourth-order valence-electron chi connectivity index (χ4n) is 3.00. The summed E-state index contributed by atoms with van der Waals surface area (Å²) in [6.07, 6.45) is -0.927. The fourth-order valence-corrected chi connectivity index (χ4v) is 3.00. The number of rotatable bonds is 3. The van der Waals surface area contributed by atoms with Crippen LogP contribution >= 0.6 is 0 Å². The molecule has 0 aromatic heterocycles. The summed E-state index contributed by atoms with van der Waals surface area (Å²) < 4.78 is 36.8. The van der Waals surface area contributed by atoms with Crippen LogP contribution in [0.2, 0.25) is 0 Å². The second-order valence-corrected chi connectivity index (χ2v) is 5.60. The Morgan fingerprint density at radius 1 is 1.11 bits per heavy atom. The van der Waals surface area contributed by atoms with E-state index in [1.165, 1.54) is 11.3 Å². The Kier molecular flexibility index (Phi) is 4.50. The first-order valence-electron chi connectivity index (χ1n) is 6.66. The molecule has 2 heterocycles. The van der Waals surface area contributed by atoms with E-state index >= 15 is 0 Å². The second kappa shape index (κ2) is 5.75. The van der Waals surface area contributed by atoms with Gasteiger partial charge in [-0.2, -0.15) is 13.2 Å². The molecule has 18 heavy (non-hydrogen) atoms. The summed E-state index contributed by atoms with van der Waals surface area (Å²) in [4.78, 5) is 3.79. The van der Waals surface area contributed by atoms with Gasteiger partial charge >= 0.3 is 6.18 Å². The van der Waals surface area contributed by atoms with Crippen LogP contribution in [-0.4, -0.2) is 67.8 Å². The molecular weight excluding hydrogens is 243 g/mol. The molecule has 0 aliphatic carbocycles. The average molecular weight is 265 g/mol. The van der Waals surface area contributed by atoms with Gasteiger partial charge in [0.15, 0.2) is 0 Å². The van der Waals surface area contributed by atoms with Crippen LogP contribution in [0.4, 0.5) is 13.2 Å². The number of hydrogen-bond donors (Lipinski definition) is 1. The molecule has 0 spiro atoms. The fraction of sp³-hybridized carbons (Fsp3) is 1.00. The van der Waals surface area contributed by atoms with E-state index in [-0.39, 0.29) is 6.04 Å². The molecule has 0 saturated carbocycles. The van der Waals surface area contributed by atoms with E-state index in [4.69, 9.17) is 0 Å². The molecule has 2 aliphatic rings. The molecule has 2 saturated heterocycles. The van der Waals surface area contributed by atoms with Crippen LogP contribution in [0.1, 0.15) is 19.3 Å². The molecule has 0 amide bonds. The molecule has 2 aliphatic heterocycles. The maximum atomic E-state index is 12.3. The molecule has 2 atom stereocenters. The van der Waals surface area contributed by atoms with Crippen LogP contribution in [-0.2, 0) is 0 Å². The molecule has 2 fully saturated rings. The molecule has 106 valence electrons. The Bertz CT molecular complexity index is 270. The SMILES string of the molecule is CN1CCC[C@H](N[C@@H]2CCN(CC(F)(F)F)C2)C1. The summed E-state index contributed by atoms with van der Waals surface area (Å²) >= 11 is 0. The number of halogens is 3. The Morgan fingerprint density at radius 2 is 1.83 bits per heavy atom. The summed E-state index contributed by atoms with van der Waals surface area (Å²) in [5.41, 5.74) is 0. The highest BCUT2D eigenvalue weighted by Gasteiger charge is 2.34. The van der Waals surface area contributed by atoms with Gasteiger partial charge in [0.25, 0.3) is 0 Å². The van der Waals surface area contributed by atoms with Crippen LogP contribution in [0.3, 0.4) is 0 Å². The van der Waals surface area contributed by atoms with Crippen molar-refractivity contribution in [2.75, 3.05) is 39.8 Å². The highest BCUT2D eigenvalue weighted by atomic mass is 19.4. The van der Waals surface area contributed by atoms with Gasteiger partial charge in [-0.1, -0.05) is 0 Å². The van der Waals surface area contributed by atoms with Crippen molar-refractivity contribution in [2.24, 2.45) is 0 Å². The maximum absolute atomic E-state index is 12.3. The summed E-state index contributed by atoms with van der Waals surface area (Å²) in [5.74, 6) is 0. The molecule has 1 N–H and O–H groups in total. The maximum Gasteiger partial charge on any atom is 0.401 e. The van der Waals surface area contributed by atoms with Crippen molar-refractivity contribution in [3.63, 3.8) is 0 Å². The van der Waals surface area contributed by atoms with Crippen molar-refractivity contribution < 1.29 is 13.2 Å². The molecule has 6 heteroatoms. The van der Waals surface area contributed by atoms with Crippen molar-refractivity contribution >= 4 is 0 Å². The van der Waals surface area contributed by atoms with Crippen LogP contribution in [0, 0.1) is 0 Å². The Hall–Kier alpha value is -0.330. The number of hydrogen-bond acceptors (Lipinski definition) is 3. The standard InChI is InChI=1S/C12H22F3N3/c1-17-5-2-3-10(7-17)16-11-4-6-18(8-11)9-12(13,14)15/h10-11,16H,2-9H2,1H3/t10-,11+/m0/s1. The van der Waals surface area contributed by atoms with Crippen LogP contribution in [0.25, 0.3) is 0 Å². The van der Waals surface area contributed by atoms with E-state index < -0.39 is 12.7 Å². The van der Waals surface area contributed by atoms with Crippen LogP contribution < -0.4 is 5.32 Å². The van der Waals surface area contributed by atoms with E-state index in [9.17, 15) is 13.2 Å². The van der Waals surface area contributed by atoms with Gasteiger partial charge in [0.1, 0.15) is 0 Å². The van der Waals surface area contributed by atoms with Crippen molar-refractivity contribution in [3.05, 3.63) is 0 Å². The summed E-state index contributed by atoms with van der Waals surface area (Å²) in [6.45, 7) is 2.45. The second-order valence-electron chi connectivity index (χ2n) is 5.60. The van der Waals surface area contributed by atoms with E-state index in [1.54, 1.807) is 0 Å². The first-order valence-corrected chi connectivity index (χ1v) is 6.66. The zero-order chi connectivity index (χ0) is 13.2. The van der Waals surface area contributed by atoms with Gasteiger partial charge in [-0.25, -0.2) is 0 Å². The first-order chi connectivity index (χ1) is 8.42. The number of nitrogens with zero attached hydrogens (tertiary/aromatic N) is 2. The minimum atomic E-state index is -4.07. The molecular formula is C12H22F3N3. The topological polar surface area (TPSA) is 18.5 Å². The van der Waals surface area contributed by atoms with Gasteiger partial charge in [-0.15, -0.1) is 0 Å². The lowest BCUT2D eigenvalue weighted by molar-refractivity contribution is -0.143. The van der Waals surface area contributed by atoms with Crippen molar-refractivity contribution in [1.82, 2.24) is 15.1 Å². The monoisotopic (exact) mass is 265 g/mol. The third kappa shape index (κ3) is 4.40. The third-order valence-electron chi connectivity index (χ3n) is 3.77. The quantitative estimate of drug-likeness (QED) is 0.830. The minimum Gasteiger partial charge on any atom is -0.309 e. The highest BCUT2D eigenvalue weighted by Crippen LogP contribution is 2.20. The normalized spacial score (nSPS) is 32.0. The largest absolute Gasteiger partial charge is 0.401 e. The molecule has 0 aromatic rings. The lowest BCUT2D eigenvalue weighted by atomic mass is 10.1. The Labute approximate surface area is 106 Å².